The number of benzene rings is 2. The van der Waals surface area contributed by atoms with E-state index in [1.807, 2.05) is 0 Å². The van der Waals surface area contributed by atoms with Crippen LogP contribution in [-0.2, 0) is 16.0 Å². The van der Waals surface area contributed by atoms with Crippen LogP contribution in [0.5, 0.6) is 11.5 Å². The number of aromatic hydroxyl groups is 1. The first-order valence-corrected chi connectivity index (χ1v) is 9.52. The van der Waals surface area contributed by atoms with Crippen LogP contribution >= 0.6 is 0 Å². The third-order valence-corrected chi connectivity index (χ3v) is 5.23. The number of rotatable bonds is 3. The minimum Gasteiger partial charge on any atom is -0.508 e. The number of hydrogen-bond donors (Lipinski definition) is 2. The molecule has 0 aromatic heterocycles. The number of carbonyl (C=O) groups is 3. The maximum Gasteiger partial charge on any atom is 0.415 e. The Kier molecular flexibility index (Phi) is 5.26. The standard InChI is InChI=1S/C21H20FN3O5/c22-14-3-7-16(8-4-14)30-21(29)24-9-10-25-18(12-24)19(27)23-17(20(25)28)11-13-1-5-15(26)6-2-13/h1-8,17-18,26H,9-12H2,(H,23,27)/t17-,18+/m0/s1. The van der Waals surface area contributed by atoms with E-state index in [1.165, 1.54) is 46.2 Å². The molecule has 0 unspecified atom stereocenters. The van der Waals surface area contributed by atoms with Gasteiger partial charge in [-0.05, 0) is 42.0 Å². The zero-order valence-electron chi connectivity index (χ0n) is 16.0. The average Bonchev–Trinajstić information content (AvgIpc) is 2.74. The fourth-order valence-corrected chi connectivity index (χ4v) is 3.64. The van der Waals surface area contributed by atoms with Gasteiger partial charge in [0.05, 0.1) is 6.54 Å². The summed E-state index contributed by atoms with van der Waals surface area (Å²) >= 11 is 0. The molecule has 2 aliphatic heterocycles. The molecule has 2 aromatic carbocycles. The van der Waals surface area contributed by atoms with E-state index < -0.39 is 24.0 Å². The molecule has 9 heteroatoms. The lowest BCUT2D eigenvalue weighted by atomic mass is 9.98. The summed E-state index contributed by atoms with van der Waals surface area (Å²) in [7, 11) is 0. The third kappa shape index (κ3) is 4.05. The van der Waals surface area contributed by atoms with E-state index in [4.69, 9.17) is 4.74 Å². The Morgan fingerprint density at radius 2 is 1.80 bits per heavy atom. The summed E-state index contributed by atoms with van der Waals surface area (Å²) in [6, 6.07) is 10.0. The summed E-state index contributed by atoms with van der Waals surface area (Å²) in [5.41, 5.74) is 0.811. The number of nitrogens with zero attached hydrogens (tertiary/aromatic N) is 2. The molecule has 2 fully saturated rings. The number of phenolic OH excluding ortho intramolecular Hbond substituents is 1. The molecule has 2 atom stereocenters. The molecule has 2 aliphatic rings. The van der Waals surface area contributed by atoms with E-state index in [0.717, 1.165) is 5.56 Å². The quantitative estimate of drug-likeness (QED) is 0.790. The first-order chi connectivity index (χ1) is 14.4. The van der Waals surface area contributed by atoms with Crippen LogP contribution in [0, 0.1) is 5.82 Å². The first kappa shape index (κ1) is 19.7. The number of hydrogen-bond acceptors (Lipinski definition) is 5. The van der Waals surface area contributed by atoms with Gasteiger partial charge in [-0.1, -0.05) is 12.1 Å². The van der Waals surface area contributed by atoms with E-state index in [9.17, 15) is 23.9 Å². The van der Waals surface area contributed by atoms with Crippen LogP contribution in [0.2, 0.25) is 0 Å². The number of phenols is 1. The molecule has 2 saturated heterocycles. The second-order valence-electron chi connectivity index (χ2n) is 7.25. The normalized spacial score (nSPS) is 21.1. The Bertz CT molecular complexity index is 964. The van der Waals surface area contributed by atoms with Gasteiger partial charge >= 0.3 is 6.09 Å². The smallest absolute Gasteiger partial charge is 0.415 e. The Morgan fingerprint density at radius 3 is 2.50 bits per heavy atom. The highest BCUT2D eigenvalue weighted by Gasteiger charge is 2.44. The van der Waals surface area contributed by atoms with Crippen LogP contribution in [0.1, 0.15) is 5.56 Å². The van der Waals surface area contributed by atoms with Gasteiger partial charge in [-0.25, -0.2) is 9.18 Å². The average molecular weight is 413 g/mol. The molecule has 30 heavy (non-hydrogen) atoms. The van der Waals surface area contributed by atoms with Crippen molar-refractivity contribution in [2.24, 2.45) is 0 Å². The highest BCUT2D eigenvalue weighted by molar-refractivity contribution is 5.97. The van der Waals surface area contributed by atoms with Gasteiger partial charge in [0.2, 0.25) is 11.8 Å². The van der Waals surface area contributed by atoms with E-state index in [2.05, 4.69) is 5.32 Å². The molecule has 0 aliphatic carbocycles. The van der Waals surface area contributed by atoms with Crippen molar-refractivity contribution in [3.05, 3.63) is 59.9 Å². The lowest BCUT2D eigenvalue weighted by Crippen LogP contribution is -2.70. The lowest BCUT2D eigenvalue weighted by molar-refractivity contribution is -0.152. The van der Waals surface area contributed by atoms with Crippen LogP contribution in [0.4, 0.5) is 9.18 Å². The van der Waals surface area contributed by atoms with Gasteiger partial charge in [0.25, 0.3) is 0 Å². The minimum atomic E-state index is -0.789. The molecular weight excluding hydrogens is 393 g/mol. The van der Waals surface area contributed by atoms with Gasteiger partial charge in [0, 0.05) is 19.5 Å². The van der Waals surface area contributed by atoms with Gasteiger partial charge in [-0.15, -0.1) is 0 Å². The molecule has 2 aromatic rings. The Balaban J connectivity index is 1.39. The zero-order chi connectivity index (χ0) is 21.3. The van der Waals surface area contributed by atoms with Crippen LogP contribution < -0.4 is 10.1 Å². The molecule has 0 saturated carbocycles. The van der Waals surface area contributed by atoms with Crippen LogP contribution in [0.3, 0.4) is 0 Å². The number of carbonyl (C=O) groups excluding carboxylic acids is 3. The Labute approximate surface area is 171 Å². The highest BCUT2D eigenvalue weighted by atomic mass is 19.1. The van der Waals surface area contributed by atoms with Gasteiger partial charge < -0.3 is 25.0 Å². The summed E-state index contributed by atoms with van der Waals surface area (Å²) in [5, 5.41) is 12.1. The molecule has 0 spiro atoms. The number of amides is 3. The van der Waals surface area contributed by atoms with Crippen molar-refractivity contribution < 1.29 is 28.6 Å². The number of piperazine rings is 2. The van der Waals surface area contributed by atoms with Gasteiger partial charge in [-0.2, -0.15) is 0 Å². The SMILES string of the molecule is O=C1N[C@@H](Cc2ccc(O)cc2)C(=O)N2CCN(C(=O)Oc3ccc(F)cc3)C[C@H]12. The second-order valence-corrected chi connectivity index (χ2v) is 7.25. The summed E-state index contributed by atoms with van der Waals surface area (Å²) in [6.07, 6.45) is -0.350. The third-order valence-electron chi connectivity index (χ3n) is 5.23. The van der Waals surface area contributed by atoms with Crippen LogP contribution in [0.25, 0.3) is 0 Å². The molecule has 0 bridgehead atoms. The topological polar surface area (TPSA) is 99.2 Å². The molecular formula is C21H20FN3O5. The van der Waals surface area contributed by atoms with Crippen LogP contribution in [-0.4, -0.2) is 64.5 Å². The molecule has 4 rings (SSSR count). The Hall–Kier alpha value is -3.62. The molecule has 8 nitrogen and oxygen atoms in total. The van der Waals surface area contributed by atoms with Crippen molar-refractivity contribution >= 4 is 17.9 Å². The maximum absolute atomic E-state index is 13.0. The maximum atomic E-state index is 13.0. The predicted molar refractivity (Wildman–Crippen MR) is 103 cm³/mol. The summed E-state index contributed by atoms with van der Waals surface area (Å²) < 4.78 is 18.2. The number of halogens is 1. The fraction of sp³-hybridized carbons (Fsp3) is 0.286. The van der Waals surface area contributed by atoms with Gasteiger partial charge in [-0.3, -0.25) is 9.59 Å². The minimum absolute atomic E-state index is 0.0174. The summed E-state index contributed by atoms with van der Waals surface area (Å²) in [5.74, 6) is -0.664. The monoisotopic (exact) mass is 413 g/mol. The molecule has 2 N–H and O–H groups in total. The lowest BCUT2D eigenvalue weighted by Gasteiger charge is -2.44. The second kappa shape index (κ2) is 8.02. The van der Waals surface area contributed by atoms with Crippen molar-refractivity contribution in [3.63, 3.8) is 0 Å². The van der Waals surface area contributed by atoms with Crippen molar-refractivity contribution in [2.45, 2.75) is 18.5 Å². The summed E-state index contributed by atoms with van der Waals surface area (Å²) in [6.45, 7) is 0.451. The molecule has 0 radical (unpaired) electrons. The predicted octanol–water partition coefficient (Wildman–Crippen LogP) is 1.28. The molecule has 2 heterocycles. The van der Waals surface area contributed by atoms with Crippen molar-refractivity contribution in [3.8, 4) is 11.5 Å². The van der Waals surface area contributed by atoms with E-state index in [1.54, 1.807) is 12.1 Å². The number of fused-ring (bicyclic) bond motifs is 1. The van der Waals surface area contributed by atoms with E-state index in [-0.39, 0.29) is 42.9 Å². The Morgan fingerprint density at radius 1 is 1.10 bits per heavy atom. The largest absolute Gasteiger partial charge is 0.508 e. The molecule has 156 valence electrons. The van der Waals surface area contributed by atoms with Crippen molar-refractivity contribution in [2.75, 3.05) is 19.6 Å². The zero-order valence-corrected chi connectivity index (χ0v) is 16.0. The van der Waals surface area contributed by atoms with Gasteiger partial charge in [0.1, 0.15) is 29.4 Å². The van der Waals surface area contributed by atoms with E-state index >= 15 is 0 Å². The fourth-order valence-electron chi connectivity index (χ4n) is 3.64. The number of ether oxygens (including phenoxy) is 1. The first-order valence-electron chi connectivity index (χ1n) is 9.52. The van der Waals surface area contributed by atoms with E-state index in [0.29, 0.717) is 6.42 Å². The molecule has 3 amide bonds. The highest BCUT2D eigenvalue weighted by Crippen LogP contribution is 2.21. The van der Waals surface area contributed by atoms with Gasteiger partial charge in [0.15, 0.2) is 0 Å². The summed E-state index contributed by atoms with van der Waals surface area (Å²) in [4.78, 5) is 40.7. The van der Waals surface area contributed by atoms with Crippen LogP contribution in [0.15, 0.2) is 48.5 Å². The van der Waals surface area contributed by atoms with Crippen molar-refractivity contribution in [1.29, 1.82) is 0 Å². The number of nitrogens with one attached hydrogen (secondary N) is 1. The van der Waals surface area contributed by atoms with Crippen molar-refractivity contribution in [1.82, 2.24) is 15.1 Å².